The van der Waals surface area contributed by atoms with Crippen molar-refractivity contribution >= 4 is 0 Å². The van der Waals surface area contributed by atoms with E-state index < -0.39 is 0 Å². The molecule has 0 aromatic heterocycles. The predicted octanol–water partition coefficient (Wildman–Crippen LogP) is 2.47. The van der Waals surface area contributed by atoms with Gasteiger partial charge in [-0.1, -0.05) is 29.8 Å². The van der Waals surface area contributed by atoms with Gasteiger partial charge < -0.3 is 10.2 Å². The van der Waals surface area contributed by atoms with Crippen LogP contribution < -0.4 is 5.32 Å². The zero-order valence-corrected chi connectivity index (χ0v) is 11.5. The Bertz CT molecular complexity index is 292. The highest BCUT2D eigenvalue weighted by molar-refractivity contribution is 5.21. The quantitative estimate of drug-likeness (QED) is 0.695. The molecule has 1 aromatic carbocycles. The maximum absolute atomic E-state index is 3.19. The molecular formula is C15H26N2. The molecule has 96 valence electrons. The summed E-state index contributed by atoms with van der Waals surface area (Å²) in [7, 11) is 4.23. The highest BCUT2D eigenvalue weighted by atomic mass is 15.1. The molecule has 0 atom stereocenters. The molecule has 0 saturated heterocycles. The predicted molar refractivity (Wildman–Crippen MR) is 75.5 cm³/mol. The Labute approximate surface area is 106 Å². The number of nitrogens with zero attached hydrogens (tertiary/aromatic N) is 1. The second kappa shape index (κ2) is 8.26. The molecule has 2 nitrogen and oxygen atoms in total. The highest BCUT2D eigenvalue weighted by Gasteiger charge is 1.99. The summed E-state index contributed by atoms with van der Waals surface area (Å²) in [6, 6.07) is 8.87. The molecule has 0 aliphatic rings. The number of hydrogen-bond donors (Lipinski definition) is 1. The van der Waals surface area contributed by atoms with Crippen LogP contribution in [0.1, 0.15) is 24.0 Å². The van der Waals surface area contributed by atoms with Crippen molar-refractivity contribution in [1.82, 2.24) is 10.2 Å². The number of aryl methyl sites for hydroxylation is 1. The average Bonchev–Trinajstić information content (AvgIpc) is 2.34. The van der Waals surface area contributed by atoms with Crippen molar-refractivity contribution < 1.29 is 0 Å². The Morgan fingerprint density at radius 1 is 1.06 bits per heavy atom. The van der Waals surface area contributed by atoms with Crippen molar-refractivity contribution in [3.05, 3.63) is 35.4 Å². The molecule has 0 radical (unpaired) electrons. The standard InChI is InChI=1S/C15H26N2/c1-14-6-8-15(9-7-14)10-13-17(3)12-5-4-11-16-2/h6-9,16H,4-5,10-13H2,1-3H3. The van der Waals surface area contributed by atoms with Gasteiger partial charge in [-0.25, -0.2) is 0 Å². The summed E-state index contributed by atoms with van der Waals surface area (Å²) < 4.78 is 0. The molecule has 0 heterocycles. The number of benzene rings is 1. The van der Waals surface area contributed by atoms with Crippen LogP contribution in [-0.2, 0) is 6.42 Å². The molecule has 2 heteroatoms. The van der Waals surface area contributed by atoms with Gasteiger partial charge in [0.2, 0.25) is 0 Å². The lowest BCUT2D eigenvalue weighted by Gasteiger charge is -2.16. The fraction of sp³-hybridized carbons (Fsp3) is 0.600. The molecule has 0 aliphatic heterocycles. The molecular weight excluding hydrogens is 208 g/mol. The van der Waals surface area contributed by atoms with Crippen molar-refractivity contribution in [2.75, 3.05) is 33.7 Å². The van der Waals surface area contributed by atoms with Crippen molar-refractivity contribution in [3.8, 4) is 0 Å². The van der Waals surface area contributed by atoms with E-state index in [2.05, 4.69) is 48.5 Å². The zero-order valence-electron chi connectivity index (χ0n) is 11.5. The Morgan fingerprint density at radius 3 is 2.41 bits per heavy atom. The lowest BCUT2D eigenvalue weighted by Crippen LogP contribution is -2.23. The van der Waals surface area contributed by atoms with Crippen molar-refractivity contribution in [2.24, 2.45) is 0 Å². The van der Waals surface area contributed by atoms with Gasteiger partial charge in [0.1, 0.15) is 0 Å². The van der Waals surface area contributed by atoms with Crippen molar-refractivity contribution in [3.63, 3.8) is 0 Å². The van der Waals surface area contributed by atoms with Gasteiger partial charge in [-0.2, -0.15) is 0 Å². The Hall–Kier alpha value is -0.860. The monoisotopic (exact) mass is 234 g/mol. The maximum Gasteiger partial charge on any atom is 0.00188 e. The first-order valence-corrected chi connectivity index (χ1v) is 6.61. The first kappa shape index (κ1) is 14.2. The van der Waals surface area contributed by atoms with E-state index in [-0.39, 0.29) is 0 Å². The van der Waals surface area contributed by atoms with E-state index >= 15 is 0 Å². The van der Waals surface area contributed by atoms with Crippen molar-refractivity contribution in [1.29, 1.82) is 0 Å². The van der Waals surface area contributed by atoms with Gasteiger partial charge in [-0.3, -0.25) is 0 Å². The van der Waals surface area contributed by atoms with Gasteiger partial charge in [-0.05, 0) is 58.9 Å². The number of nitrogens with one attached hydrogen (secondary N) is 1. The summed E-state index contributed by atoms with van der Waals surface area (Å²) in [6.45, 7) is 5.62. The summed E-state index contributed by atoms with van der Waals surface area (Å²) in [6.07, 6.45) is 3.71. The second-order valence-electron chi connectivity index (χ2n) is 4.85. The van der Waals surface area contributed by atoms with E-state index in [0.717, 1.165) is 19.5 Å². The average molecular weight is 234 g/mol. The largest absolute Gasteiger partial charge is 0.320 e. The van der Waals surface area contributed by atoms with Crippen LogP contribution in [0.5, 0.6) is 0 Å². The summed E-state index contributed by atoms with van der Waals surface area (Å²) in [5, 5.41) is 3.19. The van der Waals surface area contributed by atoms with Gasteiger partial charge in [-0.15, -0.1) is 0 Å². The summed E-state index contributed by atoms with van der Waals surface area (Å²) >= 11 is 0. The number of unbranched alkanes of at least 4 members (excludes halogenated alkanes) is 1. The van der Waals surface area contributed by atoms with Crippen LogP contribution in [0.25, 0.3) is 0 Å². The van der Waals surface area contributed by atoms with E-state index in [9.17, 15) is 0 Å². The SMILES string of the molecule is CNCCCCN(C)CCc1ccc(C)cc1. The molecule has 0 bridgehead atoms. The first-order chi connectivity index (χ1) is 8.22. The molecule has 0 unspecified atom stereocenters. The minimum atomic E-state index is 1.13. The minimum Gasteiger partial charge on any atom is -0.320 e. The first-order valence-electron chi connectivity index (χ1n) is 6.61. The second-order valence-corrected chi connectivity index (χ2v) is 4.85. The van der Waals surface area contributed by atoms with Crippen LogP contribution in [0.4, 0.5) is 0 Å². The lowest BCUT2D eigenvalue weighted by molar-refractivity contribution is 0.329. The van der Waals surface area contributed by atoms with E-state index in [1.165, 1.54) is 30.5 Å². The van der Waals surface area contributed by atoms with Gasteiger partial charge in [0.25, 0.3) is 0 Å². The zero-order chi connectivity index (χ0) is 12.5. The van der Waals surface area contributed by atoms with Gasteiger partial charge in [0, 0.05) is 6.54 Å². The molecule has 0 spiro atoms. The van der Waals surface area contributed by atoms with Gasteiger partial charge >= 0.3 is 0 Å². The summed E-state index contributed by atoms with van der Waals surface area (Å²) in [5.74, 6) is 0. The van der Waals surface area contributed by atoms with Crippen LogP contribution in [0.15, 0.2) is 24.3 Å². The van der Waals surface area contributed by atoms with Crippen molar-refractivity contribution in [2.45, 2.75) is 26.2 Å². The number of rotatable bonds is 8. The maximum atomic E-state index is 3.19. The molecule has 0 aliphatic carbocycles. The van der Waals surface area contributed by atoms with Crippen LogP contribution in [-0.4, -0.2) is 38.6 Å². The third-order valence-corrected chi connectivity index (χ3v) is 3.12. The van der Waals surface area contributed by atoms with Crippen LogP contribution in [0.2, 0.25) is 0 Å². The molecule has 0 amide bonds. The van der Waals surface area contributed by atoms with Crippen LogP contribution in [0.3, 0.4) is 0 Å². The van der Waals surface area contributed by atoms with Gasteiger partial charge in [0.05, 0.1) is 0 Å². The minimum absolute atomic E-state index is 1.13. The third-order valence-electron chi connectivity index (χ3n) is 3.12. The smallest absolute Gasteiger partial charge is 0.00188 e. The summed E-state index contributed by atoms with van der Waals surface area (Å²) in [5.41, 5.74) is 2.78. The topological polar surface area (TPSA) is 15.3 Å². The van der Waals surface area contributed by atoms with E-state index in [1.807, 2.05) is 7.05 Å². The number of hydrogen-bond acceptors (Lipinski definition) is 2. The lowest BCUT2D eigenvalue weighted by atomic mass is 10.1. The fourth-order valence-electron chi connectivity index (χ4n) is 1.87. The molecule has 0 saturated carbocycles. The Kier molecular flexibility index (Phi) is 6.90. The molecule has 1 aromatic rings. The molecule has 1 N–H and O–H groups in total. The highest BCUT2D eigenvalue weighted by Crippen LogP contribution is 2.04. The van der Waals surface area contributed by atoms with Crippen LogP contribution in [0, 0.1) is 6.92 Å². The van der Waals surface area contributed by atoms with Crippen LogP contribution >= 0.6 is 0 Å². The molecule has 0 fully saturated rings. The number of likely N-dealkylation sites (N-methyl/N-ethyl adjacent to an activating group) is 1. The molecule has 17 heavy (non-hydrogen) atoms. The fourth-order valence-corrected chi connectivity index (χ4v) is 1.87. The Balaban J connectivity index is 2.14. The normalized spacial score (nSPS) is 11.1. The van der Waals surface area contributed by atoms with E-state index in [0.29, 0.717) is 0 Å². The Morgan fingerprint density at radius 2 is 1.76 bits per heavy atom. The van der Waals surface area contributed by atoms with Gasteiger partial charge in [0.15, 0.2) is 0 Å². The third kappa shape index (κ3) is 6.44. The van der Waals surface area contributed by atoms with E-state index in [1.54, 1.807) is 0 Å². The summed E-state index contributed by atoms with van der Waals surface area (Å²) in [4.78, 5) is 2.43. The molecule has 1 rings (SSSR count). The van der Waals surface area contributed by atoms with E-state index in [4.69, 9.17) is 0 Å².